The van der Waals surface area contributed by atoms with Gasteiger partial charge in [0.05, 0.1) is 0 Å². The minimum absolute atomic E-state index is 1.01. The first-order chi connectivity index (χ1) is 3.79. The molecule has 2 heteroatoms. The molecule has 0 atom stereocenters. The van der Waals surface area contributed by atoms with Crippen LogP contribution < -0.4 is 5.84 Å². The Morgan fingerprint density at radius 3 is 2.62 bits per heavy atom. The molecule has 1 rings (SSSR count). The number of hydrogen-bond donors (Lipinski definition) is 1. The van der Waals surface area contributed by atoms with Gasteiger partial charge in [-0.25, -0.2) is 0 Å². The lowest BCUT2D eigenvalue weighted by Crippen LogP contribution is -2.27. The molecule has 0 saturated heterocycles. The summed E-state index contributed by atoms with van der Waals surface area (Å²) >= 11 is 0. The minimum atomic E-state index is 1.01. The lowest BCUT2D eigenvalue weighted by atomic mass is 10.3. The van der Waals surface area contributed by atoms with Gasteiger partial charge in [0, 0.05) is 13.6 Å². The molecule has 0 heterocycles. The van der Waals surface area contributed by atoms with Gasteiger partial charge in [0.1, 0.15) is 0 Å². The maximum Gasteiger partial charge on any atom is 0.0128 e. The molecule has 0 aromatic rings. The van der Waals surface area contributed by atoms with Crippen molar-refractivity contribution in [2.45, 2.75) is 19.3 Å². The first-order valence-corrected chi connectivity index (χ1v) is 3.25. The summed E-state index contributed by atoms with van der Waals surface area (Å²) in [6.07, 6.45) is 4.18. The fourth-order valence-electron chi connectivity index (χ4n) is 0.793. The van der Waals surface area contributed by atoms with Crippen LogP contribution in [0.15, 0.2) is 0 Å². The zero-order valence-corrected chi connectivity index (χ0v) is 5.43. The van der Waals surface area contributed by atoms with Crippen LogP contribution in [-0.4, -0.2) is 18.6 Å². The molecule has 0 radical (unpaired) electrons. The summed E-state index contributed by atoms with van der Waals surface area (Å²) in [4.78, 5) is 0. The average molecular weight is 114 g/mol. The van der Waals surface area contributed by atoms with Crippen LogP contribution in [0.5, 0.6) is 0 Å². The smallest absolute Gasteiger partial charge is 0.0128 e. The van der Waals surface area contributed by atoms with E-state index in [9.17, 15) is 0 Å². The van der Waals surface area contributed by atoms with E-state index in [4.69, 9.17) is 5.84 Å². The Kier molecular flexibility index (Phi) is 1.86. The van der Waals surface area contributed by atoms with Gasteiger partial charge in [-0.1, -0.05) is 12.8 Å². The normalized spacial score (nSPS) is 19.9. The van der Waals surface area contributed by atoms with Crippen molar-refractivity contribution in [3.8, 4) is 0 Å². The molecule has 1 saturated carbocycles. The Hall–Kier alpha value is -0.0800. The van der Waals surface area contributed by atoms with E-state index in [2.05, 4.69) is 0 Å². The zero-order chi connectivity index (χ0) is 5.98. The molecule has 0 aromatic carbocycles. The fourth-order valence-corrected chi connectivity index (χ4v) is 0.793. The topological polar surface area (TPSA) is 29.3 Å². The predicted molar refractivity (Wildman–Crippen MR) is 34.2 cm³/mol. The number of hydrazine groups is 1. The molecule has 1 aliphatic carbocycles. The van der Waals surface area contributed by atoms with Crippen LogP contribution in [0, 0.1) is 5.92 Å². The molecule has 2 nitrogen and oxygen atoms in total. The maximum atomic E-state index is 5.40. The van der Waals surface area contributed by atoms with Crippen LogP contribution >= 0.6 is 0 Å². The quantitative estimate of drug-likeness (QED) is 0.430. The summed E-state index contributed by atoms with van der Waals surface area (Å²) in [5.41, 5.74) is 0. The van der Waals surface area contributed by atoms with E-state index in [0.717, 1.165) is 12.5 Å². The van der Waals surface area contributed by atoms with Crippen molar-refractivity contribution < 1.29 is 0 Å². The molecule has 0 amide bonds. The molecule has 0 bridgehead atoms. The van der Waals surface area contributed by atoms with Crippen molar-refractivity contribution in [3.05, 3.63) is 0 Å². The Balaban J connectivity index is 1.87. The Morgan fingerprint density at radius 2 is 2.25 bits per heavy atom. The Labute approximate surface area is 50.6 Å². The number of nitrogens with two attached hydrogens (primary N) is 1. The minimum Gasteiger partial charge on any atom is -0.269 e. The molecule has 0 aliphatic heterocycles. The van der Waals surface area contributed by atoms with Crippen LogP contribution in [0.4, 0.5) is 0 Å². The summed E-state index contributed by atoms with van der Waals surface area (Å²) in [5, 5.41) is 1.76. The first kappa shape index (κ1) is 6.05. The standard InChI is InChI=1S/C6H14N2/c1-8(7)5-4-6-2-3-6/h6H,2-5,7H2,1H3. The molecule has 8 heavy (non-hydrogen) atoms. The van der Waals surface area contributed by atoms with Gasteiger partial charge in [0.2, 0.25) is 0 Å². The molecule has 0 spiro atoms. The highest BCUT2D eigenvalue weighted by Gasteiger charge is 2.20. The summed E-state index contributed by atoms with van der Waals surface area (Å²) < 4.78 is 0. The van der Waals surface area contributed by atoms with Gasteiger partial charge >= 0.3 is 0 Å². The van der Waals surface area contributed by atoms with E-state index in [-0.39, 0.29) is 0 Å². The first-order valence-electron chi connectivity index (χ1n) is 3.25. The second kappa shape index (κ2) is 2.46. The van der Waals surface area contributed by atoms with Crippen LogP contribution in [-0.2, 0) is 0 Å². The van der Waals surface area contributed by atoms with Crippen molar-refractivity contribution in [2.24, 2.45) is 11.8 Å². The summed E-state index contributed by atoms with van der Waals surface area (Å²) in [6.45, 7) is 1.06. The van der Waals surface area contributed by atoms with E-state index in [1.54, 1.807) is 5.01 Å². The largest absolute Gasteiger partial charge is 0.269 e. The molecule has 48 valence electrons. The second-order valence-corrected chi connectivity index (χ2v) is 2.71. The molecule has 1 aliphatic rings. The Bertz CT molecular complexity index is 64.9. The van der Waals surface area contributed by atoms with Crippen LogP contribution in [0.1, 0.15) is 19.3 Å². The fraction of sp³-hybridized carbons (Fsp3) is 1.00. The van der Waals surface area contributed by atoms with Gasteiger partial charge in [0.15, 0.2) is 0 Å². The van der Waals surface area contributed by atoms with E-state index in [0.29, 0.717) is 0 Å². The van der Waals surface area contributed by atoms with Crippen molar-refractivity contribution >= 4 is 0 Å². The average Bonchev–Trinajstić information content (AvgIpc) is 2.41. The molecule has 2 N–H and O–H groups in total. The molecule has 1 fully saturated rings. The van der Waals surface area contributed by atoms with Crippen molar-refractivity contribution in [1.29, 1.82) is 0 Å². The van der Waals surface area contributed by atoms with E-state index >= 15 is 0 Å². The van der Waals surface area contributed by atoms with Gasteiger partial charge in [0.25, 0.3) is 0 Å². The van der Waals surface area contributed by atoms with Gasteiger partial charge < -0.3 is 0 Å². The molecular formula is C6H14N2. The van der Waals surface area contributed by atoms with Crippen molar-refractivity contribution in [2.75, 3.05) is 13.6 Å². The summed E-state index contributed by atoms with van der Waals surface area (Å²) in [7, 11) is 1.92. The zero-order valence-electron chi connectivity index (χ0n) is 5.43. The SMILES string of the molecule is CN(N)CCC1CC1. The highest BCUT2D eigenvalue weighted by molar-refractivity contribution is 4.73. The van der Waals surface area contributed by atoms with E-state index in [1.807, 2.05) is 7.05 Å². The monoisotopic (exact) mass is 114 g/mol. The second-order valence-electron chi connectivity index (χ2n) is 2.71. The van der Waals surface area contributed by atoms with Gasteiger partial charge in [-0.15, -0.1) is 0 Å². The number of rotatable bonds is 3. The summed E-state index contributed by atoms with van der Waals surface area (Å²) in [5.74, 6) is 6.42. The van der Waals surface area contributed by atoms with Crippen LogP contribution in [0.3, 0.4) is 0 Å². The third-order valence-electron chi connectivity index (χ3n) is 1.59. The summed E-state index contributed by atoms with van der Waals surface area (Å²) in [6, 6.07) is 0. The molecular weight excluding hydrogens is 100 g/mol. The van der Waals surface area contributed by atoms with E-state index < -0.39 is 0 Å². The van der Waals surface area contributed by atoms with Crippen LogP contribution in [0.2, 0.25) is 0 Å². The van der Waals surface area contributed by atoms with Gasteiger partial charge in [-0.3, -0.25) is 10.9 Å². The number of hydrogen-bond acceptors (Lipinski definition) is 2. The Morgan fingerprint density at radius 1 is 1.62 bits per heavy atom. The van der Waals surface area contributed by atoms with Crippen LogP contribution in [0.25, 0.3) is 0 Å². The molecule has 0 aromatic heterocycles. The lowest BCUT2D eigenvalue weighted by molar-refractivity contribution is 0.335. The molecule has 0 unspecified atom stereocenters. The maximum absolute atomic E-state index is 5.40. The third-order valence-corrected chi connectivity index (χ3v) is 1.59. The highest BCUT2D eigenvalue weighted by atomic mass is 15.4. The van der Waals surface area contributed by atoms with E-state index in [1.165, 1.54) is 19.3 Å². The van der Waals surface area contributed by atoms with Crippen molar-refractivity contribution in [1.82, 2.24) is 5.01 Å². The highest BCUT2D eigenvalue weighted by Crippen LogP contribution is 2.31. The number of nitrogens with zero attached hydrogens (tertiary/aromatic N) is 1. The van der Waals surface area contributed by atoms with Crippen molar-refractivity contribution in [3.63, 3.8) is 0 Å². The predicted octanol–water partition coefficient (Wildman–Crippen LogP) is 0.592. The van der Waals surface area contributed by atoms with Gasteiger partial charge in [-0.05, 0) is 12.3 Å². The third kappa shape index (κ3) is 2.28. The van der Waals surface area contributed by atoms with Gasteiger partial charge in [-0.2, -0.15) is 0 Å². The lowest BCUT2D eigenvalue weighted by Gasteiger charge is -2.06.